The standard InChI is InChI=1S/C21H34N6/c1-22-21(23-15-19-17-25-11-13-26(19)14-12-25)24-16-20(27-9-5-6-10-27)18-7-3-2-4-8-18/h2-4,7-8,19-20H,5-6,9-17H2,1H3,(H2,22,23,24). The van der Waals surface area contributed by atoms with Crippen molar-refractivity contribution < 1.29 is 0 Å². The van der Waals surface area contributed by atoms with E-state index in [0.29, 0.717) is 12.1 Å². The van der Waals surface area contributed by atoms with Crippen LogP contribution in [0.1, 0.15) is 24.4 Å². The van der Waals surface area contributed by atoms with Crippen LogP contribution in [0.2, 0.25) is 0 Å². The molecule has 0 aromatic heterocycles. The molecular formula is C21H34N6. The topological polar surface area (TPSA) is 46.1 Å². The molecule has 4 aliphatic heterocycles. The first-order valence-corrected chi connectivity index (χ1v) is 10.5. The normalized spacial score (nSPS) is 29.7. The average Bonchev–Trinajstić information content (AvgIpc) is 3.27. The van der Waals surface area contributed by atoms with Gasteiger partial charge in [0.05, 0.1) is 6.04 Å². The van der Waals surface area contributed by atoms with Gasteiger partial charge >= 0.3 is 0 Å². The minimum absolute atomic E-state index is 0.410. The number of fused-ring (bicyclic) bond motifs is 3. The molecule has 2 N–H and O–H groups in total. The SMILES string of the molecule is CN=C(NCC1CN2CCN1CC2)NCC(c1ccccc1)N1CCCC1. The first kappa shape index (κ1) is 18.7. The maximum atomic E-state index is 4.47. The van der Waals surface area contributed by atoms with Crippen LogP contribution in [0.5, 0.6) is 0 Å². The molecule has 0 radical (unpaired) electrons. The Balaban J connectivity index is 1.31. The Bertz CT molecular complexity index is 604. The van der Waals surface area contributed by atoms with E-state index < -0.39 is 0 Å². The summed E-state index contributed by atoms with van der Waals surface area (Å²) in [5.41, 5.74) is 1.39. The van der Waals surface area contributed by atoms with E-state index in [4.69, 9.17) is 0 Å². The molecular weight excluding hydrogens is 336 g/mol. The Morgan fingerprint density at radius 3 is 2.41 bits per heavy atom. The third kappa shape index (κ3) is 4.62. The summed E-state index contributed by atoms with van der Waals surface area (Å²) in [6, 6.07) is 11.9. The summed E-state index contributed by atoms with van der Waals surface area (Å²) in [6.07, 6.45) is 2.62. The van der Waals surface area contributed by atoms with Crippen LogP contribution < -0.4 is 10.6 Å². The number of benzene rings is 1. The highest BCUT2D eigenvalue weighted by atomic mass is 15.4. The van der Waals surface area contributed by atoms with Crippen molar-refractivity contribution in [1.29, 1.82) is 0 Å². The number of hydrogen-bond acceptors (Lipinski definition) is 4. The number of aliphatic imine (C=N–C) groups is 1. The molecule has 4 aliphatic rings. The molecule has 5 rings (SSSR count). The molecule has 0 amide bonds. The maximum Gasteiger partial charge on any atom is 0.191 e. The van der Waals surface area contributed by atoms with Gasteiger partial charge in [0.1, 0.15) is 0 Å². The lowest BCUT2D eigenvalue weighted by Gasteiger charge is -2.47. The van der Waals surface area contributed by atoms with Crippen LogP contribution in [0, 0.1) is 0 Å². The molecule has 4 fully saturated rings. The van der Waals surface area contributed by atoms with Crippen molar-refractivity contribution >= 4 is 5.96 Å². The van der Waals surface area contributed by atoms with Gasteiger partial charge in [0.15, 0.2) is 5.96 Å². The first-order valence-electron chi connectivity index (χ1n) is 10.5. The quantitative estimate of drug-likeness (QED) is 0.578. The van der Waals surface area contributed by atoms with Gasteiger partial charge in [-0.05, 0) is 31.5 Å². The Morgan fingerprint density at radius 1 is 1.04 bits per heavy atom. The third-order valence-corrected chi connectivity index (χ3v) is 6.35. The minimum Gasteiger partial charge on any atom is -0.355 e. The number of nitrogens with one attached hydrogen (secondary N) is 2. The number of likely N-dealkylation sites (tertiary alicyclic amines) is 1. The summed E-state index contributed by atoms with van der Waals surface area (Å²) >= 11 is 0. The van der Waals surface area contributed by atoms with E-state index in [9.17, 15) is 0 Å². The Morgan fingerprint density at radius 2 is 1.78 bits per heavy atom. The highest BCUT2D eigenvalue weighted by molar-refractivity contribution is 5.79. The summed E-state index contributed by atoms with van der Waals surface area (Å²) < 4.78 is 0. The van der Waals surface area contributed by atoms with Crippen LogP contribution in [0.25, 0.3) is 0 Å². The van der Waals surface area contributed by atoms with E-state index in [1.54, 1.807) is 0 Å². The number of guanidine groups is 1. The minimum atomic E-state index is 0.410. The van der Waals surface area contributed by atoms with Gasteiger partial charge in [-0.1, -0.05) is 30.3 Å². The van der Waals surface area contributed by atoms with Gasteiger partial charge in [-0.3, -0.25) is 19.7 Å². The first-order chi connectivity index (χ1) is 13.3. The van der Waals surface area contributed by atoms with Crippen molar-refractivity contribution in [1.82, 2.24) is 25.3 Å². The monoisotopic (exact) mass is 370 g/mol. The van der Waals surface area contributed by atoms with E-state index in [1.807, 2.05) is 7.05 Å². The second-order valence-electron chi connectivity index (χ2n) is 7.99. The maximum absolute atomic E-state index is 4.47. The number of hydrogen-bond donors (Lipinski definition) is 2. The molecule has 0 aliphatic carbocycles. The fraction of sp³-hybridized carbons (Fsp3) is 0.667. The van der Waals surface area contributed by atoms with E-state index in [2.05, 4.69) is 60.7 Å². The van der Waals surface area contributed by atoms with E-state index >= 15 is 0 Å². The van der Waals surface area contributed by atoms with E-state index in [1.165, 1.54) is 64.2 Å². The molecule has 2 unspecified atom stereocenters. The molecule has 6 nitrogen and oxygen atoms in total. The van der Waals surface area contributed by atoms with Crippen molar-refractivity contribution in [3.63, 3.8) is 0 Å². The fourth-order valence-corrected chi connectivity index (χ4v) is 4.73. The average molecular weight is 371 g/mol. The summed E-state index contributed by atoms with van der Waals surface area (Å²) in [7, 11) is 1.87. The smallest absolute Gasteiger partial charge is 0.191 e. The van der Waals surface area contributed by atoms with Crippen molar-refractivity contribution in [2.75, 3.05) is 66.0 Å². The summed E-state index contributed by atoms with van der Waals surface area (Å²) in [5.74, 6) is 0.924. The summed E-state index contributed by atoms with van der Waals surface area (Å²) in [5, 5.41) is 7.17. The zero-order chi connectivity index (χ0) is 18.5. The lowest BCUT2D eigenvalue weighted by Crippen LogP contribution is -2.63. The van der Waals surface area contributed by atoms with Gasteiger partial charge < -0.3 is 10.6 Å². The van der Waals surface area contributed by atoms with Crippen molar-refractivity contribution in [2.45, 2.75) is 24.9 Å². The highest BCUT2D eigenvalue weighted by Gasteiger charge is 2.31. The van der Waals surface area contributed by atoms with Crippen LogP contribution in [0.15, 0.2) is 35.3 Å². The summed E-state index contributed by atoms with van der Waals surface area (Å²) in [4.78, 5) is 12.3. The molecule has 1 aromatic rings. The molecule has 1 aromatic carbocycles. The number of rotatable bonds is 6. The van der Waals surface area contributed by atoms with Gasteiger partial charge in [0.2, 0.25) is 0 Å². The summed E-state index contributed by atoms with van der Waals surface area (Å²) in [6.45, 7) is 10.3. The molecule has 6 heteroatoms. The van der Waals surface area contributed by atoms with Crippen molar-refractivity contribution in [2.24, 2.45) is 4.99 Å². The molecule has 27 heavy (non-hydrogen) atoms. The fourth-order valence-electron chi connectivity index (χ4n) is 4.73. The molecule has 2 atom stereocenters. The molecule has 0 spiro atoms. The second-order valence-corrected chi connectivity index (χ2v) is 7.99. The Kier molecular flexibility index (Phi) is 6.27. The Hall–Kier alpha value is -1.63. The zero-order valence-electron chi connectivity index (χ0n) is 16.6. The highest BCUT2D eigenvalue weighted by Crippen LogP contribution is 2.24. The molecule has 0 saturated carbocycles. The molecule has 4 heterocycles. The lowest BCUT2D eigenvalue weighted by atomic mass is 10.1. The molecule has 2 bridgehead atoms. The van der Waals surface area contributed by atoms with Gasteiger partial charge in [-0.25, -0.2) is 0 Å². The third-order valence-electron chi connectivity index (χ3n) is 6.35. The predicted molar refractivity (Wildman–Crippen MR) is 111 cm³/mol. The molecule has 4 saturated heterocycles. The number of nitrogens with zero attached hydrogens (tertiary/aromatic N) is 4. The van der Waals surface area contributed by atoms with Gasteiger partial charge in [0, 0.05) is 58.9 Å². The van der Waals surface area contributed by atoms with Gasteiger partial charge in [-0.2, -0.15) is 0 Å². The van der Waals surface area contributed by atoms with Crippen LogP contribution in [0.3, 0.4) is 0 Å². The van der Waals surface area contributed by atoms with Gasteiger partial charge in [0.25, 0.3) is 0 Å². The van der Waals surface area contributed by atoms with Crippen molar-refractivity contribution in [3.05, 3.63) is 35.9 Å². The van der Waals surface area contributed by atoms with Gasteiger partial charge in [-0.15, -0.1) is 0 Å². The predicted octanol–water partition coefficient (Wildman–Crippen LogP) is 0.988. The van der Waals surface area contributed by atoms with E-state index in [0.717, 1.165) is 19.0 Å². The largest absolute Gasteiger partial charge is 0.355 e. The number of piperazine rings is 3. The van der Waals surface area contributed by atoms with Crippen LogP contribution in [-0.2, 0) is 0 Å². The molecule has 148 valence electrons. The van der Waals surface area contributed by atoms with Crippen LogP contribution >= 0.6 is 0 Å². The zero-order valence-corrected chi connectivity index (χ0v) is 16.6. The Labute approximate surface area is 163 Å². The van der Waals surface area contributed by atoms with Crippen molar-refractivity contribution in [3.8, 4) is 0 Å². The van der Waals surface area contributed by atoms with Crippen LogP contribution in [0.4, 0.5) is 0 Å². The van der Waals surface area contributed by atoms with E-state index in [-0.39, 0.29) is 0 Å². The van der Waals surface area contributed by atoms with Crippen LogP contribution in [-0.4, -0.2) is 92.7 Å². The second kappa shape index (κ2) is 9.04. The lowest BCUT2D eigenvalue weighted by molar-refractivity contribution is 0.0154.